The fourth-order valence-corrected chi connectivity index (χ4v) is 13.3. The number of benzene rings is 3. The van der Waals surface area contributed by atoms with Gasteiger partial charge in [-0.2, -0.15) is 5.10 Å². The third kappa shape index (κ3) is 16.9. The molecule has 104 heavy (non-hydrogen) atoms. The number of aryl methyl sites for hydroxylation is 1. The molecular formula is C74H74BrCl3N14O12. The van der Waals surface area contributed by atoms with Crippen molar-refractivity contribution in [2.24, 2.45) is 16.2 Å². The Bertz CT molecular complexity index is 5230. The Morgan fingerprint density at radius 2 is 0.837 bits per heavy atom. The zero-order chi connectivity index (χ0) is 74.9. The summed E-state index contributed by atoms with van der Waals surface area (Å²) < 4.78 is 5.58. The van der Waals surface area contributed by atoms with Gasteiger partial charge in [0.25, 0.3) is 34.4 Å². The first-order valence-corrected chi connectivity index (χ1v) is 35.0. The fraction of sp³-hybridized carbons (Fsp3) is 0.311. The van der Waals surface area contributed by atoms with E-state index in [0.717, 1.165) is 16.7 Å². The maximum Gasteiger partial charge on any atom is 0.265 e. The van der Waals surface area contributed by atoms with E-state index in [2.05, 4.69) is 93.5 Å². The molecule has 10 heterocycles. The van der Waals surface area contributed by atoms with Crippen LogP contribution in [0.2, 0.25) is 15.1 Å². The Morgan fingerprint density at radius 1 is 0.481 bits per heavy atom. The third-order valence-electron chi connectivity index (χ3n) is 17.8. The van der Waals surface area contributed by atoms with Crippen LogP contribution in [0.15, 0.2) is 147 Å². The number of likely N-dealkylation sites (tertiary alicyclic amines) is 3. The van der Waals surface area contributed by atoms with Crippen molar-refractivity contribution in [2.75, 3.05) is 39.3 Å². The summed E-state index contributed by atoms with van der Waals surface area (Å²) in [6, 6.07) is 26.5. The van der Waals surface area contributed by atoms with Crippen LogP contribution >= 0.6 is 50.7 Å². The van der Waals surface area contributed by atoms with Gasteiger partial charge in [0.15, 0.2) is 0 Å². The van der Waals surface area contributed by atoms with Gasteiger partial charge in [-0.05, 0) is 116 Å². The number of hydrogen-bond donors (Lipinski definition) is 6. The Morgan fingerprint density at radius 3 is 1.22 bits per heavy atom. The number of carbonyl (C=O) groups is 6. The monoisotopic (exact) mass is 1530 g/mol. The molecule has 0 bridgehead atoms. The first-order valence-electron chi connectivity index (χ1n) is 33.1. The van der Waals surface area contributed by atoms with Gasteiger partial charge < -0.3 is 46.0 Å². The fourth-order valence-electron chi connectivity index (χ4n) is 12.6. The predicted molar refractivity (Wildman–Crippen MR) is 397 cm³/mol. The molecule has 26 nitrogen and oxygen atoms in total. The molecule has 0 unspecified atom stereocenters. The third-order valence-corrected chi connectivity index (χ3v) is 19.4. The number of pyridine rings is 6. The van der Waals surface area contributed by atoms with Gasteiger partial charge in [0.2, 0.25) is 17.7 Å². The van der Waals surface area contributed by atoms with E-state index >= 15 is 0 Å². The van der Waals surface area contributed by atoms with Crippen LogP contribution in [-0.2, 0) is 60.2 Å². The van der Waals surface area contributed by atoms with Crippen LogP contribution in [0.4, 0.5) is 0 Å². The summed E-state index contributed by atoms with van der Waals surface area (Å²) in [5, 5.41) is 46.1. The number of fused-ring (bicyclic) bond motifs is 3. The number of aromatic nitrogens is 8. The maximum absolute atomic E-state index is 13.7. The molecule has 6 N–H and O–H groups in total. The van der Waals surface area contributed by atoms with Crippen molar-refractivity contribution in [2.45, 2.75) is 94.3 Å². The average Bonchev–Trinajstić information content (AvgIpc) is 1.01. The van der Waals surface area contributed by atoms with Crippen LogP contribution in [0, 0.1) is 16.2 Å². The smallest absolute Gasteiger partial charge is 0.265 e. The number of halogens is 4. The molecule has 7 aromatic heterocycles. The van der Waals surface area contributed by atoms with Crippen molar-refractivity contribution in [1.29, 1.82) is 0 Å². The molecule has 0 radical (unpaired) electrons. The largest absolute Gasteiger partial charge is 0.506 e. The topological polar surface area (TPSA) is 331 Å². The number of hydrogen-bond acceptors (Lipinski definition) is 16. The van der Waals surface area contributed by atoms with Gasteiger partial charge in [-0.1, -0.05) is 113 Å². The first-order chi connectivity index (χ1) is 49.2. The van der Waals surface area contributed by atoms with Crippen molar-refractivity contribution in [3.05, 3.63) is 212 Å². The van der Waals surface area contributed by atoms with E-state index in [1.54, 1.807) is 105 Å². The van der Waals surface area contributed by atoms with Crippen molar-refractivity contribution in [3.63, 3.8) is 0 Å². The van der Waals surface area contributed by atoms with Crippen molar-refractivity contribution < 1.29 is 44.1 Å². The summed E-state index contributed by atoms with van der Waals surface area (Å²) in [6.45, 7) is 18.3. The van der Waals surface area contributed by atoms with Crippen molar-refractivity contribution >= 4 is 119 Å². The van der Waals surface area contributed by atoms with Gasteiger partial charge >= 0.3 is 0 Å². The standard InChI is InChI=1S/C28H29ClN6O4.C23H22BrClN4O4.C23H23ClN4O4/c1-4-34-13-18(11-32-34)24-20-9-21(26(38)31-10-17-5-7-19(29)8-6-17)27(39)35(25(20)30-12-22(24)36)14-23(37)33-15-28(2,3)16-33;1-23(2)11-28(12-23)18(31)10-29-20-15(19(24)17(30)9-26-20)7-16(22(29)33)21(32)27-8-13-3-5-14(25)6-4-13;1-23(2)12-27(13-23)19(30)11-28-20-15(7-17(29)10-25-20)8-18(22(28)32)21(31)26-9-14-3-5-16(24)6-4-14/h5-9,11-13,36H,4,10,14-16H2,1-3H3,(H,31,38);3-7,9,30H,8,10-12H2,1-2H3,(H,27,32);3-8,10,29H,9,11-13H2,1-2H3,(H,26,31). The number of rotatable bonds is 17. The SMILES string of the molecule is CC1(C)CN(C(=O)Cn2c(=O)c(C(=O)NCc3ccc(Cl)cc3)cc3c(Br)c(O)cnc32)C1.CC1(C)CN(C(=O)Cn2c(=O)c(C(=O)NCc3ccc(Cl)cc3)cc3cc(O)cnc32)C1.CCn1cc(-c2c(O)cnc3c2cc(C(=O)NCc2ccc(Cl)cc2)c(=O)n3CC(=O)N2CC(C)(C)C2)cn1. The highest BCUT2D eigenvalue weighted by Gasteiger charge is 2.40. The normalized spacial score (nSPS) is 14.6. The Kier molecular flexibility index (Phi) is 21.9. The van der Waals surface area contributed by atoms with Crippen LogP contribution in [0.3, 0.4) is 0 Å². The quantitative estimate of drug-likeness (QED) is 0.0494. The van der Waals surface area contributed by atoms with Gasteiger partial charge in [0.1, 0.15) is 70.5 Å². The minimum Gasteiger partial charge on any atom is -0.506 e. The number of aromatic hydroxyl groups is 3. The highest BCUT2D eigenvalue weighted by atomic mass is 79.9. The van der Waals surface area contributed by atoms with Crippen LogP contribution in [0.1, 0.15) is 96.2 Å². The highest BCUT2D eigenvalue weighted by molar-refractivity contribution is 9.10. The van der Waals surface area contributed by atoms with E-state index in [4.69, 9.17) is 34.8 Å². The predicted octanol–water partition coefficient (Wildman–Crippen LogP) is 9.31. The molecule has 30 heteroatoms. The Balaban J connectivity index is 0.000000157. The van der Waals surface area contributed by atoms with Crippen LogP contribution in [-0.4, -0.2) is 143 Å². The summed E-state index contributed by atoms with van der Waals surface area (Å²) in [6.07, 6.45) is 7.00. The number of amides is 6. The van der Waals surface area contributed by atoms with Gasteiger partial charge in [-0.3, -0.25) is 61.5 Å². The molecule has 10 aromatic rings. The lowest BCUT2D eigenvalue weighted by Crippen LogP contribution is -2.56. The minimum absolute atomic E-state index is 0.0166. The summed E-state index contributed by atoms with van der Waals surface area (Å²) in [5.41, 5.74) is 1.80. The van der Waals surface area contributed by atoms with Crippen LogP contribution in [0.5, 0.6) is 17.2 Å². The molecule has 13 rings (SSSR count). The molecule has 0 spiro atoms. The Hall–Kier alpha value is -10.5. The van der Waals surface area contributed by atoms with Crippen LogP contribution < -0.4 is 32.6 Å². The molecule has 0 aliphatic carbocycles. The Labute approximate surface area is 618 Å². The zero-order valence-electron chi connectivity index (χ0n) is 57.8. The lowest BCUT2D eigenvalue weighted by molar-refractivity contribution is -0.142. The zero-order valence-corrected chi connectivity index (χ0v) is 61.6. The van der Waals surface area contributed by atoms with E-state index in [1.807, 2.05) is 6.92 Å². The molecule has 3 aliphatic heterocycles. The second-order valence-electron chi connectivity index (χ2n) is 28.2. The number of carbonyl (C=O) groups excluding carboxylic acids is 6. The summed E-state index contributed by atoms with van der Waals surface area (Å²) >= 11 is 21.0. The maximum atomic E-state index is 13.7. The average molecular weight is 1540 g/mol. The summed E-state index contributed by atoms with van der Waals surface area (Å²) in [5.74, 6) is -2.87. The molecule has 0 saturated carbocycles. The second-order valence-corrected chi connectivity index (χ2v) is 30.3. The second kappa shape index (κ2) is 30.5. The molecule has 6 amide bonds. The van der Waals surface area contributed by atoms with Crippen molar-refractivity contribution in [3.8, 4) is 28.4 Å². The summed E-state index contributed by atoms with van der Waals surface area (Å²) in [7, 11) is 0. The number of nitrogens with one attached hydrogen (secondary N) is 3. The van der Waals surface area contributed by atoms with Gasteiger partial charge in [-0.15, -0.1) is 0 Å². The molecule has 3 saturated heterocycles. The molecule has 3 fully saturated rings. The molecule has 540 valence electrons. The lowest BCUT2D eigenvalue weighted by atomic mass is 9.84. The first kappa shape index (κ1) is 74.7. The lowest BCUT2D eigenvalue weighted by Gasteiger charge is -2.45. The number of nitrogens with zero attached hydrogens (tertiary/aromatic N) is 11. The van der Waals surface area contributed by atoms with E-state index in [9.17, 15) is 58.5 Å². The molecular weight excluding hydrogens is 1460 g/mol. The van der Waals surface area contributed by atoms with Crippen LogP contribution in [0.25, 0.3) is 44.2 Å². The van der Waals surface area contributed by atoms with Gasteiger partial charge in [0.05, 0.1) is 29.3 Å². The summed E-state index contributed by atoms with van der Waals surface area (Å²) in [4.78, 5) is 135. The van der Waals surface area contributed by atoms with E-state index in [0.29, 0.717) is 88.2 Å². The van der Waals surface area contributed by atoms with Crippen molar-refractivity contribution in [1.82, 2.24) is 69.1 Å². The van der Waals surface area contributed by atoms with Gasteiger partial charge in [-0.25, -0.2) is 15.0 Å². The molecule has 0 atom stereocenters. The van der Waals surface area contributed by atoms with E-state index < -0.39 is 34.4 Å². The highest BCUT2D eigenvalue weighted by Crippen LogP contribution is 2.37. The molecule has 3 aliphatic rings. The molecule has 3 aromatic carbocycles. The van der Waals surface area contributed by atoms with E-state index in [1.165, 1.54) is 56.6 Å². The van der Waals surface area contributed by atoms with Gasteiger partial charge in [0, 0.05) is 114 Å². The van der Waals surface area contributed by atoms with E-state index in [-0.39, 0.29) is 129 Å². The minimum atomic E-state index is -0.641.